The van der Waals surface area contributed by atoms with E-state index in [2.05, 4.69) is 22.1 Å². The Morgan fingerprint density at radius 2 is 2.03 bits per heavy atom. The van der Waals surface area contributed by atoms with Crippen LogP contribution in [0, 0.1) is 0 Å². The SMILES string of the molecule is CCOc1ccc(-c2nc(C(=O)N3CCc4[nH]c5ccccc5c4C3)cs2)cc1. The first-order valence-electron chi connectivity index (χ1n) is 9.79. The molecule has 0 radical (unpaired) electrons. The molecule has 3 heterocycles. The largest absolute Gasteiger partial charge is 0.494 e. The Hall–Kier alpha value is -3.12. The molecule has 29 heavy (non-hydrogen) atoms. The number of carbonyl (C=O) groups is 1. The van der Waals surface area contributed by atoms with Gasteiger partial charge >= 0.3 is 0 Å². The Labute approximate surface area is 173 Å². The monoisotopic (exact) mass is 403 g/mol. The van der Waals surface area contributed by atoms with Gasteiger partial charge in [-0.15, -0.1) is 11.3 Å². The third kappa shape index (κ3) is 3.29. The van der Waals surface area contributed by atoms with Crippen LogP contribution in [-0.2, 0) is 13.0 Å². The quantitative estimate of drug-likeness (QED) is 0.528. The van der Waals surface area contributed by atoms with Crippen molar-refractivity contribution in [2.75, 3.05) is 13.2 Å². The molecule has 5 rings (SSSR count). The first-order chi connectivity index (χ1) is 14.2. The molecule has 6 heteroatoms. The molecule has 0 aliphatic carbocycles. The molecule has 1 N–H and O–H groups in total. The van der Waals surface area contributed by atoms with Gasteiger partial charge < -0.3 is 14.6 Å². The van der Waals surface area contributed by atoms with Crippen LogP contribution in [0.15, 0.2) is 53.9 Å². The lowest BCUT2D eigenvalue weighted by molar-refractivity contribution is 0.0730. The summed E-state index contributed by atoms with van der Waals surface area (Å²) in [5.74, 6) is 0.835. The maximum Gasteiger partial charge on any atom is 0.273 e. The molecule has 1 aliphatic heterocycles. The van der Waals surface area contributed by atoms with E-state index in [1.807, 2.05) is 53.6 Å². The summed E-state index contributed by atoms with van der Waals surface area (Å²) in [5, 5.41) is 3.91. The van der Waals surface area contributed by atoms with Crippen LogP contribution in [0.3, 0.4) is 0 Å². The lowest BCUT2D eigenvalue weighted by Gasteiger charge is -2.26. The fourth-order valence-corrected chi connectivity index (χ4v) is 4.67. The predicted molar refractivity (Wildman–Crippen MR) is 115 cm³/mol. The molecule has 0 atom stereocenters. The molecule has 1 amide bonds. The molecule has 0 fully saturated rings. The number of hydrogen-bond acceptors (Lipinski definition) is 4. The summed E-state index contributed by atoms with van der Waals surface area (Å²) in [6, 6.07) is 16.1. The first-order valence-corrected chi connectivity index (χ1v) is 10.7. The third-order valence-corrected chi connectivity index (χ3v) is 6.20. The number of hydrogen-bond donors (Lipinski definition) is 1. The Morgan fingerprint density at radius 3 is 2.86 bits per heavy atom. The zero-order chi connectivity index (χ0) is 19.8. The minimum Gasteiger partial charge on any atom is -0.494 e. The second-order valence-electron chi connectivity index (χ2n) is 7.10. The van der Waals surface area contributed by atoms with Gasteiger partial charge in [0, 0.05) is 52.6 Å². The summed E-state index contributed by atoms with van der Waals surface area (Å²) in [4.78, 5) is 23.1. The van der Waals surface area contributed by atoms with E-state index < -0.39 is 0 Å². The predicted octanol–water partition coefficient (Wildman–Crippen LogP) is 4.89. The van der Waals surface area contributed by atoms with Crippen LogP contribution in [0.25, 0.3) is 21.5 Å². The van der Waals surface area contributed by atoms with Crippen LogP contribution in [0.2, 0.25) is 0 Å². The summed E-state index contributed by atoms with van der Waals surface area (Å²) >= 11 is 1.50. The van der Waals surface area contributed by atoms with E-state index in [1.54, 1.807) is 0 Å². The fraction of sp³-hybridized carbons (Fsp3) is 0.217. The first kappa shape index (κ1) is 17.9. The van der Waals surface area contributed by atoms with Crippen molar-refractivity contribution in [2.24, 2.45) is 0 Å². The average molecular weight is 404 g/mol. The number of fused-ring (bicyclic) bond motifs is 3. The highest BCUT2D eigenvalue weighted by Gasteiger charge is 2.26. The molecule has 2 aromatic heterocycles. The molecular formula is C23H21N3O2S. The van der Waals surface area contributed by atoms with E-state index in [0.29, 0.717) is 25.4 Å². The van der Waals surface area contributed by atoms with E-state index in [-0.39, 0.29) is 5.91 Å². The summed E-state index contributed by atoms with van der Waals surface area (Å²) < 4.78 is 5.49. The number of thiazole rings is 1. The number of amides is 1. The van der Waals surface area contributed by atoms with Gasteiger partial charge in [-0.3, -0.25) is 4.79 Å². The molecule has 5 nitrogen and oxygen atoms in total. The van der Waals surface area contributed by atoms with Crippen molar-refractivity contribution in [3.63, 3.8) is 0 Å². The summed E-state index contributed by atoms with van der Waals surface area (Å²) in [6.07, 6.45) is 0.839. The van der Waals surface area contributed by atoms with Crippen molar-refractivity contribution in [3.8, 4) is 16.3 Å². The van der Waals surface area contributed by atoms with E-state index in [9.17, 15) is 4.79 Å². The zero-order valence-electron chi connectivity index (χ0n) is 16.1. The van der Waals surface area contributed by atoms with Gasteiger partial charge in [-0.1, -0.05) is 18.2 Å². The summed E-state index contributed by atoms with van der Waals surface area (Å²) in [5.41, 5.74) is 5.11. The fourth-order valence-electron chi connectivity index (χ4n) is 3.87. The topological polar surface area (TPSA) is 58.2 Å². The Kier molecular flexibility index (Phi) is 4.56. The van der Waals surface area contributed by atoms with Crippen LogP contribution in [0.1, 0.15) is 28.7 Å². The van der Waals surface area contributed by atoms with E-state index in [1.165, 1.54) is 28.0 Å². The molecule has 0 saturated heterocycles. The zero-order valence-corrected chi connectivity index (χ0v) is 17.0. The number of benzene rings is 2. The van der Waals surface area contributed by atoms with Gasteiger partial charge in [0.25, 0.3) is 5.91 Å². The Morgan fingerprint density at radius 1 is 1.21 bits per heavy atom. The minimum absolute atomic E-state index is 0.00522. The van der Waals surface area contributed by atoms with Crippen molar-refractivity contribution in [3.05, 3.63) is 70.9 Å². The number of nitrogens with one attached hydrogen (secondary N) is 1. The number of nitrogens with zero attached hydrogens (tertiary/aromatic N) is 2. The standard InChI is InChI=1S/C23H21N3O2S/c1-2-28-16-9-7-15(8-10-16)22-25-21(14-29-22)23(27)26-12-11-20-18(13-26)17-5-3-4-6-19(17)24-20/h3-10,14,24H,2,11-13H2,1H3. The van der Waals surface area contributed by atoms with Crippen molar-refractivity contribution in [2.45, 2.75) is 19.9 Å². The minimum atomic E-state index is -0.00522. The van der Waals surface area contributed by atoms with Crippen LogP contribution in [-0.4, -0.2) is 33.9 Å². The number of aromatic amines is 1. The van der Waals surface area contributed by atoms with Crippen LogP contribution >= 0.6 is 11.3 Å². The van der Waals surface area contributed by atoms with E-state index >= 15 is 0 Å². The van der Waals surface area contributed by atoms with Gasteiger partial charge in [-0.05, 0) is 37.3 Å². The molecular weight excluding hydrogens is 382 g/mol. The van der Waals surface area contributed by atoms with Gasteiger partial charge in [-0.25, -0.2) is 4.98 Å². The van der Waals surface area contributed by atoms with Crippen LogP contribution in [0.5, 0.6) is 5.75 Å². The third-order valence-electron chi connectivity index (χ3n) is 5.31. The van der Waals surface area contributed by atoms with Gasteiger partial charge in [0.05, 0.1) is 6.61 Å². The Bertz CT molecular complexity index is 1180. The van der Waals surface area contributed by atoms with Crippen LogP contribution in [0.4, 0.5) is 0 Å². The maximum absolute atomic E-state index is 13.1. The van der Waals surface area contributed by atoms with Crippen molar-refractivity contribution >= 4 is 28.1 Å². The molecule has 2 aromatic carbocycles. The van der Waals surface area contributed by atoms with Crippen molar-refractivity contribution < 1.29 is 9.53 Å². The molecule has 1 aliphatic rings. The highest BCUT2D eigenvalue weighted by atomic mass is 32.1. The average Bonchev–Trinajstić information content (AvgIpc) is 3.39. The van der Waals surface area contributed by atoms with Gasteiger partial charge in [0.15, 0.2) is 0 Å². The Balaban J connectivity index is 1.36. The highest BCUT2D eigenvalue weighted by molar-refractivity contribution is 7.13. The van der Waals surface area contributed by atoms with Gasteiger partial charge in [0.1, 0.15) is 16.5 Å². The normalized spacial score (nSPS) is 13.5. The van der Waals surface area contributed by atoms with Gasteiger partial charge in [-0.2, -0.15) is 0 Å². The summed E-state index contributed by atoms with van der Waals surface area (Å²) in [7, 11) is 0. The summed E-state index contributed by atoms with van der Waals surface area (Å²) in [6.45, 7) is 3.93. The van der Waals surface area contributed by atoms with E-state index in [0.717, 1.165) is 28.3 Å². The number of H-pyrrole nitrogens is 1. The molecule has 4 aromatic rings. The number of ether oxygens (including phenoxy) is 1. The molecule has 146 valence electrons. The molecule has 0 bridgehead atoms. The van der Waals surface area contributed by atoms with Crippen molar-refractivity contribution in [1.29, 1.82) is 0 Å². The number of aromatic nitrogens is 2. The maximum atomic E-state index is 13.1. The molecule has 0 spiro atoms. The smallest absolute Gasteiger partial charge is 0.273 e. The van der Waals surface area contributed by atoms with Crippen LogP contribution < -0.4 is 4.74 Å². The number of rotatable bonds is 4. The lowest BCUT2D eigenvalue weighted by Crippen LogP contribution is -2.36. The molecule has 0 saturated carbocycles. The van der Waals surface area contributed by atoms with Crippen molar-refractivity contribution in [1.82, 2.24) is 14.9 Å². The number of para-hydroxylation sites is 1. The highest BCUT2D eigenvalue weighted by Crippen LogP contribution is 2.30. The van der Waals surface area contributed by atoms with Gasteiger partial charge in [0.2, 0.25) is 0 Å². The second kappa shape index (κ2) is 7.37. The number of carbonyl (C=O) groups excluding carboxylic acids is 1. The van der Waals surface area contributed by atoms with E-state index in [4.69, 9.17) is 4.74 Å². The molecule has 0 unspecified atom stereocenters. The lowest BCUT2D eigenvalue weighted by atomic mass is 10.0. The second-order valence-corrected chi connectivity index (χ2v) is 7.96.